The SMILES string of the molecule is OCC(CO)(CO)NCc1ccccc1Br. The lowest BCUT2D eigenvalue weighted by Crippen LogP contribution is -2.54. The van der Waals surface area contributed by atoms with Crippen LogP contribution in [0.4, 0.5) is 0 Å². The second-order valence-corrected chi connectivity index (χ2v) is 4.55. The summed E-state index contributed by atoms with van der Waals surface area (Å²) < 4.78 is 0.949. The van der Waals surface area contributed by atoms with Gasteiger partial charge in [-0.15, -0.1) is 0 Å². The average Bonchev–Trinajstić information content (AvgIpc) is 2.34. The Labute approximate surface area is 103 Å². The molecule has 1 aromatic carbocycles. The van der Waals surface area contributed by atoms with Crippen LogP contribution in [0.3, 0.4) is 0 Å². The Morgan fingerprint density at radius 2 is 1.62 bits per heavy atom. The van der Waals surface area contributed by atoms with Gasteiger partial charge < -0.3 is 20.6 Å². The topological polar surface area (TPSA) is 72.7 Å². The van der Waals surface area contributed by atoms with Crippen molar-refractivity contribution < 1.29 is 15.3 Å². The molecule has 0 unspecified atom stereocenters. The number of aliphatic hydroxyl groups is 3. The molecule has 16 heavy (non-hydrogen) atoms. The summed E-state index contributed by atoms with van der Waals surface area (Å²) in [7, 11) is 0. The molecule has 0 bridgehead atoms. The molecule has 0 aromatic heterocycles. The zero-order valence-electron chi connectivity index (χ0n) is 8.86. The summed E-state index contributed by atoms with van der Waals surface area (Å²) in [5, 5.41) is 30.3. The number of halogens is 1. The van der Waals surface area contributed by atoms with E-state index in [1.54, 1.807) is 0 Å². The second kappa shape index (κ2) is 6.32. The molecule has 0 saturated heterocycles. The molecule has 0 fully saturated rings. The molecule has 0 atom stereocenters. The maximum Gasteiger partial charge on any atom is 0.0884 e. The molecule has 4 N–H and O–H groups in total. The van der Waals surface area contributed by atoms with E-state index >= 15 is 0 Å². The fourth-order valence-corrected chi connectivity index (χ4v) is 1.67. The van der Waals surface area contributed by atoms with Crippen LogP contribution in [0.15, 0.2) is 28.7 Å². The summed E-state index contributed by atoms with van der Waals surface area (Å²) in [5.41, 5.74) is -0.0304. The van der Waals surface area contributed by atoms with E-state index in [0.717, 1.165) is 10.0 Å². The highest BCUT2D eigenvalue weighted by Gasteiger charge is 2.27. The minimum absolute atomic E-state index is 0.315. The first kappa shape index (κ1) is 13.6. The Hall–Kier alpha value is -0.460. The van der Waals surface area contributed by atoms with E-state index in [-0.39, 0.29) is 19.8 Å². The van der Waals surface area contributed by atoms with Crippen molar-refractivity contribution in [1.82, 2.24) is 5.32 Å². The number of aliphatic hydroxyl groups excluding tert-OH is 3. The molecule has 90 valence electrons. The van der Waals surface area contributed by atoms with Crippen molar-refractivity contribution in [2.75, 3.05) is 19.8 Å². The molecule has 0 aliphatic carbocycles. The molecule has 0 aliphatic heterocycles. The van der Waals surface area contributed by atoms with Crippen LogP contribution in [-0.2, 0) is 6.54 Å². The van der Waals surface area contributed by atoms with E-state index in [9.17, 15) is 0 Å². The monoisotopic (exact) mass is 289 g/mol. The maximum atomic E-state index is 9.13. The molecule has 1 aromatic rings. The van der Waals surface area contributed by atoms with E-state index in [4.69, 9.17) is 15.3 Å². The number of rotatable bonds is 6. The standard InChI is InChI=1S/C11H16BrNO3/c12-10-4-2-1-3-9(10)5-13-11(6-14,7-15)8-16/h1-4,13-16H,5-8H2. The van der Waals surface area contributed by atoms with E-state index in [2.05, 4.69) is 21.2 Å². The van der Waals surface area contributed by atoms with E-state index in [0.29, 0.717) is 6.54 Å². The highest BCUT2D eigenvalue weighted by Crippen LogP contribution is 2.16. The quantitative estimate of drug-likeness (QED) is 0.606. The van der Waals surface area contributed by atoms with Crippen LogP contribution in [0.25, 0.3) is 0 Å². The van der Waals surface area contributed by atoms with Crippen LogP contribution in [-0.4, -0.2) is 40.7 Å². The zero-order valence-corrected chi connectivity index (χ0v) is 10.4. The van der Waals surface area contributed by atoms with Gasteiger partial charge in [-0.25, -0.2) is 0 Å². The van der Waals surface area contributed by atoms with Crippen LogP contribution < -0.4 is 5.32 Å². The summed E-state index contributed by atoms with van der Waals surface area (Å²) in [5.74, 6) is 0. The number of benzene rings is 1. The van der Waals surface area contributed by atoms with Gasteiger partial charge in [0.05, 0.1) is 25.4 Å². The van der Waals surface area contributed by atoms with Gasteiger partial charge in [-0.1, -0.05) is 34.1 Å². The smallest absolute Gasteiger partial charge is 0.0884 e. The van der Waals surface area contributed by atoms with Crippen molar-refractivity contribution in [1.29, 1.82) is 0 Å². The number of nitrogens with one attached hydrogen (secondary N) is 1. The predicted octanol–water partition coefficient (Wildman–Crippen LogP) is 0.254. The van der Waals surface area contributed by atoms with Crippen LogP contribution in [0.5, 0.6) is 0 Å². The third-order valence-electron chi connectivity index (χ3n) is 2.52. The molecule has 0 saturated carbocycles. The first-order valence-electron chi connectivity index (χ1n) is 4.98. The van der Waals surface area contributed by atoms with E-state index in [1.165, 1.54) is 0 Å². The second-order valence-electron chi connectivity index (χ2n) is 3.70. The van der Waals surface area contributed by atoms with Crippen molar-refractivity contribution in [2.45, 2.75) is 12.1 Å². The van der Waals surface area contributed by atoms with E-state index < -0.39 is 5.54 Å². The molecule has 4 nitrogen and oxygen atoms in total. The van der Waals surface area contributed by atoms with Gasteiger partial charge in [0.25, 0.3) is 0 Å². The van der Waals surface area contributed by atoms with Gasteiger partial charge in [0.2, 0.25) is 0 Å². The summed E-state index contributed by atoms with van der Waals surface area (Å²) in [6.45, 7) is -0.484. The first-order chi connectivity index (χ1) is 7.67. The minimum Gasteiger partial charge on any atom is -0.394 e. The lowest BCUT2D eigenvalue weighted by atomic mass is 10.0. The number of hydrogen-bond donors (Lipinski definition) is 4. The molecular weight excluding hydrogens is 274 g/mol. The third kappa shape index (κ3) is 3.26. The average molecular weight is 290 g/mol. The van der Waals surface area contributed by atoms with Gasteiger partial charge in [0.1, 0.15) is 0 Å². The molecule has 0 aliphatic rings. The fourth-order valence-electron chi connectivity index (χ4n) is 1.24. The van der Waals surface area contributed by atoms with Crippen LogP contribution in [0.2, 0.25) is 0 Å². The van der Waals surface area contributed by atoms with Gasteiger partial charge in [-0.2, -0.15) is 0 Å². The molecule has 1 rings (SSSR count). The normalized spacial score (nSPS) is 11.8. The van der Waals surface area contributed by atoms with Gasteiger partial charge in [-0.3, -0.25) is 0 Å². The Bertz CT molecular complexity index is 320. The van der Waals surface area contributed by atoms with Gasteiger partial charge >= 0.3 is 0 Å². The molecule has 5 heteroatoms. The molecular formula is C11H16BrNO3. The highest BCUT2D eigenvalue weighted by atomic mass is 79.9. The van der Waals surface area contributed by atoms with Crippen molar-refractivity contribution in [3.63, 3.8) is 0 Å². The summed E-state index contributed by atoms with van der Waals surface area (Å²) in [6, 6.07) is 7.65. The Balaban J connectivity index is 2.66. The summed E-state index contributed by atoms with van der Waals surface area (Å²) >= 11 is 3.40. The van der Waals surface area contributed by atoms with Crippen molar-refractivity contribution in [3.05, 3.63) is 34.3 Å². The minimum atomic E-state index is -1.03. The lowest BCUT2D eigenvalue weighted by molar-refractivity contribution is 0.0413. The van der Waals surface area contributed by atoms with Crippen LogP contribution >= 0.6 is 15.9 Å². The number of hydrogen-bond acceptors (Lipinski definition) is 4. The summed E-state index contributed by atoms with van der Waals surface area (Å²) in [6.07, 6.45) is 0. The Morgan fingerprint density at radius 1 is 1.06 bits per heavy atom. The largest absolute Gasteiger partial charge is 0.394 e. The lowest BCUT2D eigenvalue weighted by Gasteiger charge is -2.29. The van der Waals surface area contributed by atoms with Crippen LogP contribution in [0, 0.1) is 0 Å². The summed E-state index contributed by atoms with van der Waals surface area (Å²) in [4.78, 5) is 0. The predicted molar refractivity (Wildman–Crippen MR) is 65.0 cm³/mol. The van der Waals surface area contributed by atoms with Crippen molar-refractivity contribution >= 4 is 15.9 Å². The maximum absolute atomic E-state index is 9.13. The van der Waals surface area contributed by atoms with Crippen molar-refractivity contribution in [3.8, 4) is 0 Å². The molecule has 0 spiro atoms. The third-order valence-corrected chi connectivity index (χ3v) is 3.29. The van der Waals surface area contributed by atoms with Gasteiger partial charge in [0.15, 0.2) is 0 Å². The fraction of sp³-hybridized carbons (Fsp3) is 0.455. The first-order valence-corrected chi connectivity index (χ1v) is 5.78. The van der Waals surface area contributed by atoms with Gasteiger partial charge in [0, 0.05) is 11.0 Å². The zero-order chi connectivity index (χ0) is 12.0. The molecule has 0 heterocycles. The molecule has 0 amide bonds. The van der Waals surface area contributed by atoms with Gasteiger partial charge in [-0.05, 0) is 11.6 Å². The van der Waals surface area contributed by atoms with E-state index in [1.807, 2.05) is 24.3 Å². The van der Waals surface area contributed by atoms with Crippen molar-refractivity contribution in [2.24, 2.45) is 0 Å². The molecule has 0 radical (unpaired) electrons. The highest BCUT2D eigenvalue weighted by molar-refractivity contribution is 9.10. The Morgan fingerprint density at radius 3 is 2.12 bits per heavy atom. The Kier molecular flexibility index (Phi) is 5.37. The van der Waals surface area contributed by atoms with Crippen LogP contribution in [0.1, 0.15) is 5.56 Å².